The summed E-state index contributed by atoms with van der Waals surface area (Å²) in [6.45, 7) is 6.68. The summed E-state index contributed by atoms with van der Waals surface area (Å²) in [4.78, 5) is 0. The highest BCUT2D eigenvalue weighted by Gasteiger charge is 2.16. The summed E-state index contributed by atoms with van der Waals surface area (Å²) in [5.41, 5.74) is 0.792. The fourth-order valence-electron chi connectivity index (χ4n) is 1.57. The predicted molar refractivity (Wildman–Crippen MR) is 76.4 cm³/mol. The Morgan fingerprint density at radius 1 is 1.39 bits per heavy atom. The van der Waals surface area contributed by atoms with Crippen molar-refractivity contribution in [2.45, 2.75) is 38.8 Å². The molecule has 0 bridgehead atoms. The maximum atomic E-state index is 13.4. The predicted octanol–water partition coefficient (Wildman–Crippen LogP) is 3.53. The molecular weight excluding hydrogens is 297 g/mol. The van der Waals surface area contributed by atoms with Crippen LogP contribution in [0.4, 0.5) is 4.39 Å². The van der Waals surface area contributed by atoms with Crippen LogP contribution < -0.4 is 5.32 Å². The molecule has 0 heterocycles. The van der Waals surface area contributed by atoms with E-state index in [1.54, 1.807) is 6.07 Å². The van der Waals surface area contributed by atoms with E-state index in [0.717, 1.165) is 12.0 Å². The van der Waals surface area contributed by atoms with E-state index in [0.29, 0.717) is 11.1 Å². The molecule has 2 nitrogen and oxygen atoms in total. The van der Waals surface area contributed by atoms with E-state index < -0.39 is 0 Å². The van der Waals surface area contributed by atoms with Gasteiger partial charge in [0.05, 0.1) is 16.7 Å². The van der Waals surface area contributed by atoms with Gasteiger partial charge in [0, 0.05) is 6.04 Å². The Bertz CT molecular complexity index is 390. The second-order valence-corrected chi connectivity index (χ2v) is 6.12. The van der Waals surface area contributed by atoms with Crippen molar-refractivity contribution in [1.82, 2.24) is 5.32 Å². The van der Waals surface area contributed by atoms with Crippen LogP contribution in [0.15, 0.2) is 22.7 Å². The Morgan fingerprint density at radius 2 is 2.06 bits per heavy atom. The lowest BCUT2D eigenvalue weighted by molar-refractivity contribution is -0.0135. The van der Waals surface area contributed by atoms with Gasteiger partial charge in [0.1, 0.15) is 5.82 Å². The molecular formula is C14H21BrFNO. The molecule has 0 spiro atoms. The van der Waals surface area contributed by atoms with Crippen molar-refractivity contribution in [2.24, 2.45) is 0 Å². The van der Waals surface area contributed by atoms with Crippen molar-refractivity contribution >= 4 is 15.9 Å². The maximum absolute atomic E-state index is 13.4. The second kappa shape index (κ2) is 6.64. The highest BCUT2D eigenvalue weighted by Crippen LogP contribution is 2.22. The second-order valence-electron chi connectivity index (χ2n) is 5.33. The molecule has 18 heavy (non-hydrogen) atoms. The molecule has 0 aliphatic heterocycles. The van der Waals surface area contributed by atoms with Gasteiger partial charge in [-0.3, -0.25) is 0 Å². The monoisotopic (exact) mass is 317 g/mol. The van der Waals surface area contributed by atoms with Crippen LogP contribution in [-0.2, 0) is 11.2 Å². The quantitative estimate of drug-likeness (QED) is 0.897. The zero-order chi connectivity index (χ0) is 13.8. The number of hydrogen-bond donors (Lipinski definition) is 1. The Balaban J connectivity index is 2.65. The first-order valence-corrected chi connectivity index (χ1v) is 6.87. The number of nitrogens with one attached hydrogen (secondary N) is 1. The molecule has 1 rings (SSSR count). The molecule has 0 radical (unpaired) electrons. The lowest BCUT2D eigenvalue weighted by atomic mass is 10.1. The van der Waals surface area contributed by atoms with E-state index >= 15 is 0 Å². The average molecular weight is 318 g/mol. The molecule has 0 amide bonds. The number of rotatable bonds is 5. The minimum Gasteiger partial charge on any atom is -0.374 e. The average Bonchev–Trinajstić information content (AvgIpc) is 2.28. The highest BCUT2D eigenvalue weighted by atomic mass is 79.9. The zero-order valence-electron chi connectivity index (χ0n) is 11.4. The molecule has 1 unspecified atom stereocenters. The molecule has 0 aliphatic carbocycles. The van der Waals surface area contributed by atoms with Crippen LogP contribution in [0.2, 0.25) is 0 Å². The zero-order valence-corrected chi connectivity index (χ0v) is 13.0. The normalized spacial score (nSPS) is 13.7. The number of likely N-dealkylation sites (N-methyl/N-ethyl adjacent to an activating group) is 1. The summed E-state index contributed by atoms with van der Waals surface area (Å²) in [6.07, 6.45) is 0.727. The summed E-state index contributed by atoms with van der Waals surface area (Å²) in [7, 11) is 1.89. The van der Waals surface area contributed by atoms with Gasteiger partial charge in [-0.15, -0.1) is 0 Å². The SMILES string of the molecule is CNC(COC(C)(C)C)Cc1cccc(F)c1Br. The fraction of sp³-hybridized carbons (Fsp3) is 0.571. The molecule has 1 N–H and O–H groups in total. The Morgan fingerprint density at radius 3 is 2.61 bits per heavy atom. The van der Waals surface area contributed by atoms with Gasteiger partial charge >= 0.3 is 0 Å². The van der Waals surface area contributed by atoms with Crippen LogP contribution >= 0.6 is 15.9 Å². The summed E-state index contributed by atoms with van der Waals surface area (Å²) in [5, 5.41) is 3.20. The van der Waals surface area contributed by atoms with Crippen molar-refractivity contribution in [3.05, 3.63) is 34.1 Å². The van der Waals surface area contributed by atoms with Crippen LogP contribution in [0.25, 0.3) is 0 Å². The minimum atomic E-state index is -0.223. The van der Waals surface area contributed by atoms with E-state index in [4.69, 9.17) is 4.74 Å². The summed E-state index contributed by atoms with van der Waals surface area (Å²) < 4.78 is 19.7. The molecule has 0 aliphatic rings. The smallest absolute Gasteiger partial charge is 0.137 e. The van der Waals surface area contributed by atoms with Crippen molar-refractivity contribution in [2.75, 3.05) is 13.7 Å². The minimum absolute atomic E-state index is 0.158. The highest BCUT2D eigenvalue weighted by molar-refractivity contribution is 9.10. The van der Waals surface area contributed by atoms with Crippen molar-refractivity contribution in [1.29, 1.82) is 0 Å². The molecule has 1 atom stereocenters. The van der Waals surface area contributed by atoms with E-state index in [-0.39, 0.29) is 17.5 Å². The third-order valence-electron chi connectivity index (χ3n) is 2.62. The van der Waals surface area contributed by atoms with Gasteiger partial charge in [0.25, 0.3) is 0 Å². The van der Waals surface area contributed by atoms with Crippen LogP contribution in [0.3, 0.4) is 0 Å². The summed E-state index contributed by atoms with van der Waals surface area (Å²) >= 11 is 3.28. The topological polar surface area (TPSA) is 21.3 Å². The first-order chi connectivity index (χ1) is 8.33. The maximum Gasteiger partial charge on any atom is 0.137 e. The number of hydrogen-bond acceptors (Lipinski definition) is 2. The number of halogens is 2. The van der Waals surface area contributed by atoms with Crippen LogP contribution in [0.1, 0.15) is 26.3 Å². The van der Waals surface area contributed by atoms with Crippen molar-refractivity contribution < 1.29 is 9.13 Å². The molecule has 0 aromatic heterocycles. The van der Waals surface area contributed by atoms with Gasteiger partial charge in [-0.25, -0.2) is 4.39 Å². The van der Waals surface area contributed by atoms with Crippen molar-refractivity contribution in [3.8, 4) is 0 Å². The molecule has 0 saturated heterocycles. The van der Waals surface area contributed by atoms with Gasteiger partial charge in [-0.05, 0) is 61.8 Å². The number of benzene rings is 1. The molecule has 102 valence electrons. The van der Waals surface area contributed by atoms with Gasteiger partial charge < -0.3 is 10.1 Å². The third-order valence-corrected chi connectivity index (χ3v) is 3.51. The largest absolute Gasteiger partial charge is 0.374 e. The van der Waals surface area contributed by atoms with E-state index in [1.807, 2.05) is 33.9 Å². The first kappa shape index (κ1) is 15.6. The molecule has 0 fully saturated rings. The van der Waals surface area contributed by atoms with E-state index in [9.17, 15) is 4.39 Å². The summed E-state index contributed by atoms with van der Waals surface area (Å²) in [6, 6.07) is 5.27. The number of ether oxygens (including phenoxy) is 1. The molecule has 1 aromatic carbocycles. The van der Waals surface area contributed by atoms with Crippen LogP contribution in [-0.4, -0.2) is 25.3 Å². The molecule has 1 aromatic rings. The lowest BCUT2D eigenvalue weighted by Gasteiger charge is -2.24. The Hall–Kier alpha value is -0.450. The third kappa shape index (κ3) is 5.04. The summed E-state index contributed by atoms with van der Waals surface area (Å²) in [5.74, 6) is -0.223. The molecule has 0 saturated carbocycles. The van der Waals surface area contributed by atoms with Crippen LogP contribution in [0.5, 0.6) is 0 Å². The fourth-order valence-corrected chi connectivity index (χ4v) is 1.99. The Labute approximate surface area is 117 Å². The van der Waals surface area contributed by atoms with Gasteiger partial charge in [0.2, 0.25) is 0 Å². The lowest BCUT2D eigenvalue weighted by Crippen LogP contribution is -2.36. The van der Waals surface area contributed by atoms with Gasteiger partial charge in [-0.2, -0.15) is 0 Å². The van der Waals surface area contributed by atoms with Crippen molar-refractivity contribution in [3.63, 3.8) is 0 Å². The van der Waals surface area contributed by atoms with Gasteiger partial charge in [-0.1, -0.05) is 12.1 Å². The van der Waals surface area contributed by atoms with Gasteiger partial charge in [0.15, 0.2) is 0 Å². The Kier molecular flexibility index (Phi) is 5.76. The van der Waals surface area contributed by atoms with E-state index in [1.165, 1.54) is 6.07 Å². The standard InChI is InChI=1S/C14H21BrFNO/c1-14(2,3)18-9-11(17-4)8-10-6-5-7-12(16)13(10)15/h5-7,11,17H,8-9H2,1-4H3. The molecule has 4 heteroatoms. The first-order valence-electron chi connectivity index (χ1n) is 6.07. The van der Waals surface area contributed by atoms with Crippen LogP contribution in [0, 0.1) is 5.82 Å². The van der Waals surface area contributed by atoms with E-state index in [2.05, 4.69) is 21.2 Å².